The van der Waals surface area contributed by atoms with E-state index in [-0.39, 0.29) is 18.7 Å². The Morgan fingerprint density at radius 2 is 1.73 bits per heavy atom. The average molecular weight is 376 g/mol. The molecule has 0 aromatic carbocycles. The first-order valence-electron chi connectivity index (χ1n) is 8.64. The number of carbonyl (C=O) groups is 1. The molecule has 1 fully saturated rings. The van der Waals surface area contributed by atoms with Gasteiger partial charge in [-0.05, 0) is 40.5 Å². The molecule has 2 atom stereocenters. The van der Waals surface area contributed by atoms with Gasteiger partial charge in [0.25, 0.3) is 0 Å². The second-order valence-corrected chi connectivity index (χ2v) is 7.96. The van der Waals surface area contributed by atoms with Crippen molar-refractivity contribution in [3.63, 3.8) is 0 Å². The highest BCUT2D eigenvalue weighted by Gasteiger charge is 2.46. The summed E-state index contributed by atoms with van der Waals surface area (Å²) >= 11 is 0. The van der Waals surface area contributed by atoms with E-state index in [0.29, 0.717) is 12.8 Å². The maximum absolute atomic E-state index is 11.4. The van der Waals surface area contributed by atoms with Crippen molar-refractivity contribution < 1.29 is 35.2 Å². The number of nitrogens with zero attached hydrogens (tertiary/aromatic N) is 1. The van der Waals surface area contributed by atoms with Gasteiger partial charge in [0.05, 0.1) is 6.10 Å². The van der Waals surface area contributed by atoms with Crippen LogP contribution in [0, 0.1) is 0 Å². The van der Waals surface area contributed by atoms with Crippen LogP contribution in [0.1, 0.15) is 53.9 Å². The molecular weight excluding hydrogens is 344 g/mol. The van der Waals surface area contributed by atoms with Crippen LogP contribution in [0.2, 0.25) is 0 Å². The van der Waals surface area contributed by atoms with Gasteiger partial charge in [-0.1, -0.05) is 0 Å². The second-order valence-electron chi connectivity index (χ2n) is 7.96. The lowest BCUT2D eigenvalue weighted by Crippen LogP contribution is -2.61. The Bertz CT molecular complexity index is 515. The van der Waals surface area contributed by atoms with Gasteiger partial charge < -0.3 is 35.7 Å². The molecule has 0 aromatic rings. The molecule has 0 aliphatic carbocycles. The minimum atomic E-state index is -1.69. The van der Waals surface area contributed by atoms with Crippen LogP contribution in [0.4, 0.5) is 0 Å². The Balaban J connectivity index is 3.01. The number of hydrogen-bond acceptors (Lipinski definition) is 8. The lowest BCUT2D eigenvalue weighted by molar-refractivity contribution is -0.271. The topological polar surface area (TPSA) is 143 Å². The Morgan fingerprint density at radius 3 is 2.15 bits per heavy atom. The summed E-state index contributed by atoms with van der Waals surface area (Å²) in [4.78, 5) is 11.4. The molecule has 1 aliphatic heterocycles. The highest BCUT2D eigenvalue weighted by Crippen LogP contribution is 2.38. The van der Waals surface area contributed by atoms with Crippen molar-refractivity contribution in [1.29, 1.82) is 0 Å². The van der Waals surface area contributed by atoms with Gasteiger partial charge in [0, 0.05) is 31.0 Å². The maximum Gasteiger partial charge on any atom is 0.221 e. The van der Waals surface area contributed by atoms with Gasteiger partial charge in [-0.15, -0.1) is 0 Å². The highest BCUT2D eigenvalue weighted by molar-refractivity contribution is 5.75. The van der Waals surface area contributed by atoms with Crippen molar-refractivity contribution in [1.82, 2.24) is 10.4 Å². The monoisotopic (exact) mass is 376 g/mol. The number of rotatable bonds is 7. The van der Waals surface area contributed by atoms with Crippen molar-refractivity contribution in [2.75, 3.05) is 6.61 Å². The number of hydrogen-bond donors (Lipinski definition) is 6. The third kappa shape index (κ3) is 5.63. The molecule has 1 amide bonds. The van der Waals surface area contributed by atoms with Gasteiger partial charge in [0.15, 0.2) is 6.29 Å². The number of carbonyl (C=O) groups excluding carboxylic acids is 1. The molecule has 0 spiro atoms. The fraction of sp³-hybridized carbons (Fsp3) is 0.824. The van der Waals surface area contributed by atoms with E-state index in [1.807, 2.05) is 27.7 Å². The van der Waals surface area contributed by atoms with E-state index in [0.717, 1.165) is 0 Å². The highest BCUT2D eigenvalue weighted by atomic mass is 16.6. The summed E-state index contributed by atoms with van der Waals surface area (Å²) in [6.45, 7) is 8.16. The molecule has 0 aromatic heterocycles. The summed E-state index contributed by atoms with van der Waals surface area (Å²) in [7, 11) is 0. The number of hydroxylamine groups is 2. The lowest BCUT2D eigenvalue weighted by atomic mass is 9.80. The number of ether oxygens (including phenoxy) is 1. The first kappa shape index (κ1) is 22.8. The molecule has 9 heteroatoms. The van der Waals surface area contributed by atoms with Crippen molar-refractivity contribution in [2.24, 2.45) is 0 Å². The minimum Gasteiger partial charge on any atom is -0.508 e. The van der Waals surface area contributed by atoms with Gasteiger partial charge in [0.2, 0.25) is 5.91 Å². The van der Waals surface area contributed by atoms with Gasteiger partial charge >= 0.3 is 0 Å². The second kappa shape index (κ2) is 8.64. The van der Waals surface area contributed by atoms with Crippen molar-refractivity contribution >= 4 is 5.91 Å². The Labute approximate surface area is 153 Å². The summed E-state index contributed by atoms with van der Waals surface area (Å²) in [6, 6.07) is 0. The summed E-state index contributed by atoms with van der Waals surface area (Å²) in [5.74, 6) is -1.23. The number of nitrogens with one attached hydrogen (secondary N) is 1. The number of amides is 1. The van der Waals surface area contributed by atoms with E-state index in [2.05, 4.69) is 5.32 Å². The zero-order chi connectivity index (χ0) is 20.3. The predicted molar refractivity (Wildman–Crippen MR) is 93.1 cm³/mol. The summed E-state index contributed by atoms with van der Waals surface area (Å²) in [5, 5.41) is 53.1. The first-order chi connectivity index (χ1) is 11.8. The summed E-state index contributed by atoms with van der Waals surface area (Å²) < 4.78 is 5.63. The predicted octanol–water partition coefficient (Wildman–Crippen LogP) is 0.381. The van der Waals surface area contributed by atoms with Crippen LogP contribution in [0.3, 0.4) is 0 Å². The average Bonchev–Trinajstić information content (AvgIpc) is 2.48. The van der Waals surface area contributed by atoms with Crippen LogP contribution in [0.15, 0.2) is 11.5 Å². The standard InChI is InChI=1S/C17H32N2O7/c1-10(21)18-13(14(23)12(22)6-7-20)15(24)26-11-8-16(2,3)19(25)17(4,5)9-11/h11-12,15,20,22-25H,6-9H2,1-5H3,(H,18,21)/b14-13-. The number of aliphatic hydroxyl groups is 4. The SMILES string of the molecule is CC(=O)N/C(=C(\O)C(O)CCO)C(O)OC1CC(C)(C)N(O)C(C)(C)C1. The molecular formula is C17H32N2O7. The molecule has 0 bridgehead atoms. The molecule has 0 saturated carbocycles. The number of piperidine rings is 1. The van der Waals surface area contributed by atoms with Crippen LogP contribution in [-0.2, 0) is 9.53 Å². The smallest absolute Gasteiger partial charge is 0.221 e. The molecule has 1 aliphatic rings. The normalized spacial score (nSPS) is 23.9. The third-order valence-electron chi connectivity index (χ3n) is 4.47. The molecule has 152 valence electrons. The summed E-state index contributed by atoms with van der Waals surface area (Å²) in [6.07, 6.45) is -2.97. The van der Waals surface area contributed by atoms with Crippen molar-refractivity contribution in [3.05, 3.63) is 11.5 Å². The maximum atomic E-state index is 11.4. The molecule has 26 heavy (non-hydrogen) atoms. The molecule has 6 N–H and O–H groups in total. The molecule has 9 nitrogen and oxygen atoms in total. The van der Waals surface area contributed by atoms with E-state index < -0.39 is 41.2 Å². The van der Waals surface area contributed by atoms with Crippen LogP contribution in [0.25, 0.3) is 0 Å². The van der Waals surface area contributed by atoms with Gasteiger partial charge in [-0.25, -0.2) is 0 Å². The van der Waals surface area contributed by atoms with E-state index in [1.54, 1.807) is 0 Å². The molecule has 1 heterocycles. The molecule has 1 rings (SSSR count). The van der Waals surface area contributed by atoms with E-state index >= 15 is 0 Å². The Kier molecular flexibility index (Phi) is 7.58. The molecule has 0 radical (unpaired) electrons. The summed E-state index contributed by atoms with van der Waals surface area (Å²) in [5.41, 5.74) is -1.58. The molecule has 1 saturated heterocycles. The Morgan fingerprint density at radius 1 is 1.23 bits per heavy atom. The van der Waals surface area contributed by atoms with E-state index in [1.165, 1.54) is 12.0 Å². The van der Waals surface area contributed by atoms with Crippen LogP contribution in [-0.4, -0.2) is 72.8 Å². The van der Waals surface area contributed by atoms with E-state index in [9.17, 15) is 25.3 Å². The van der Waals surface area contributed by atoms with Crippen LogP contribution in [0.5, 0.6) is 0 Å². The van der Waals surface area contributed by atoms with Crippen molar-refractivity contribution in [2.45, 2.75) is 83.5 Å². The fourth-order valence-corrected chi connectivity index (χ4v) is 3.41. The lowest BCUT2D eigenvalue weighted by Gasteiger charge is -2.51. The zero-order valence-electron chi connectivity index (χ0n) is 16.1. The molecule has 2 unspecified atom stereocenters. The number of aliphatic hydroxyl groups excluding tert-OH is 4. The van der Waals surface area contributed by atoms with Gasteiger partial charge in [-0.2, -0.15) is 5.06 Å². The van der Waals surface area contributed by atoms with Gasteiger partial charge in [0.1, 0.15) is 17.6 Å². The van der Waals surface area contributed by atoms with Crippen molar-refractivity contribution in [3.8, 4) is 0 Å². The first-order valence-corrected chi connectivity index (χ1v) is 8.64. The third-order valence-corrected chi connectivity index (χ3v) is 4.47. The quantitative estimate of drug-likeness (QED) is 0.277. The zero-order valence-corrected chi connectivity index (χ0v) is 16.1. The van der Waals surface area contributed by atoms with Crippen LogP contribution < -0.4 is 5.32 Å². The van der Waals surface area contributed by atoms with Gasteiger partial charge in [-0.3, -0.25) is 4.79 Å². The Hall–Kier alpha value is -1.23. The van der Waals surface area contributed by atoms with E-state index in [4.69, 9.17) is 9.84 Å². The largest absolute Gasteiger partial charge is 0.508 e. The van der Waals surface area contributed by atoms with Crippen LogP contribution >= 0.6 is 0 Å². The fourth-order valence-electron chi connectivity index (χ4n) is 3.41. The minimum absolute atomic E-state index is 0.162.